The van der Waals surface area contributed by atoms with Crippen LogP contribution in [0.1, 0.15) is 0 Å². The summed E-state index contributed by atoms with van der Waals surface area (Å²) in [6, 6.07) is 2.15. The first kappa shape index (κ1) is 15.1. The summed E-state index contributed by atoms with van der Waals surface area (Å²) in [6.07, 6.45) is 0. The van der Waals surface area contributed by atoms with Gasteiger partial charge >= 0.3 is 0 Å². The van der Waals surface area contributed by atoms with E-state index < -0.39 is 24.9 Å². The molecule has 0 fully saturated rings. The molecule has 1 aromatic carbocycles. The molecule has 0 aliphatic carbocycles. The first-order chi connectivity index (χ1) is 7.72. The van der Waals surface area contributed by atoms with Gasteiger partial charge in [-0.15, -0.1) is 0 Å². The van der Waals surface area contributed by atoms with Crippen molar-refractivity contribution in [3.05, 3.63) is 17.2 Å². The summed E-state index contributed by atoms with van der Waals surface area (Å²) < 4.78 is 47.9. The first-order valence-corrected chi connectivity index (χ1v) is 7.72. The number of fused-ring (bicyclic) bond motifs is 1. The average Bonchev–Trinajstić information content (AvgIpc) is 2.13. The van der Waals surface area contributed by atoms with Crippen molar-refractivity contribution in [3.63, 3.8) is 0 Å². The quantitative estimate of drug-likeness (QED) is 0.563. The molecular formula is C7H11ClN4O4S2. The van der Waals surface area contributed by atoms with Gasteiger partial charge in [-0.2, -0.15) is 4.72 Å². The van der Waals surface area contributed by atoms with Crippen LogP contribution in [0.4, 0.5) is 5.69 Å². The van der Waals surface area contributed by atoms with Gasteiger partial charge in [0, 0.05) is 0 Å². The van der Waals surface area contributed by atoms with Crippen LogP contribution >= 0.6 is 11.6 Å². The molecule has 1 heterocycles. The van der Waals surface area contributed by atoms with Gasteiger partial charge in [0.05, 0.1) is 17.4 Å². The van der Waals surface area contributed by atoms with Gasteiger partial charge in [0.25, 0.3) is 0 Å². The zero-order valence-corrected chi connectivity index (χ0v) is 11.4. The highest BCUT2D eigenvalue weighted by Crippen LogP contribution is 2.32. The average molecular weight is 315 g/mol. The molecule has 8 nitrogen and oxygen atoms in total. The molecule has 0 radical (unpaired) electrons. The molecule has 0 saturated heterocycles. The summed E-state index contributed by atoms with van der Waals surface area (Å²) in [5.41, 5.74) is 0.237. The van der Waals surface area contributed by atoms with Crippen LogP contribution in [-0.4, -0.2) is 23.5 Å². The molecule has 0 unspecified atom stereocenters. The Bertz CT molecular complexity index is 686. The summed E-state index contributed by atoms with van der Waals surface area (Å²) in [7, 11) is -7.80. The lowest BCUT2D eigenvalue weighted by atomic mass is 10.3. The van der Waals surface area contributed by atoms with Crippen LogP contribution in [0.5, 0.6) is 0 Å². The minimum atomic E-state index is -4.07. The summed E-state index contributed by atoms with van der Waals surface area (Å²) in [5.74, 6) is 0. The van der Waals surface area contributed by atoms with Gasteiger partial charge in [0.2, 0.25) is 20.0 Å². The van der Waals surface area contributed by atoms with Gasteiger partial charge in [-0.05, 0) is 12.1 Å². The third-order valence-corrected chi connectivity index (χ3v) is 4.99. The zero-order chi connectivity index (χ0) is 12.8. The molecule has 1 aliphatic rings. The molecule has 1 aliphatic heterocycles. The standard InChI is InChI=1S/C7H8ClN3O4S2.H3N/c8-4-1-5-7(2-6(4)16(9,12)13)17(14,15)11-3-10-5;/h1-2,10-11H,3H2,(H2,9,12,13);1H3. The summed E-state index contributed by atoms with van der Waals surface area (Å²) in [6.45, 7) is 0.0143. The van der Waals surface area contributed by atoms with Crippen LogP contribution in [0.15, 0.2) is 21.9 Å². The topological polar surface area (TPSA) is 153 Å². The fraction of sp³-hybridized carbons (Fsp3) is 0.143. The fourth-order valence-electron chi connectivity index (χ4n) is 1.42. The van der Waals surface area contributed by atoms with E-state index in [9.17, 15) is 16.8 Å². The van der Waals surface area contributed by atoms with E-state index in [1.54, 1.807) is 0 Å². The molecule has 18 heavy (non-hydrogen) atoms. The molecule has 0 bridgehead atoms. The lowest BCUT2D eigenvalue weighted by Crippen LogP contribution is -2.34. The van der Waals surface area contributed by atoms with Crippen LogP contribution in [-0.2, 0) is 20.0 Å². The number of halogens is 1. The fourth-order valence-corrected chi connectivity index (χ4v) is 3.70. The Hall–Kier alpha value is -0.910. The number of hydrogen-bond donors (Lipinski definition) is 4. The Morgan fingerprint density at radius 3 is 2.50 bits per heavy atom. The van der Waals surface area contributed by atoms with Crippen molar-refractivity contribution in [2.75, 3.05) is 12.0 Å². The molecule has 0 amide bonds. The van der Waals surface area contributed by atoms with Crippen LogP contribution in [0.25, 0.3) is 0 Å². The lowest BCUT2D eigenvalue weighted by Gasteiger charge is -2.20. The maximum atomic E-state index is 11.6. The third kappa shape index (κ3) is 2.58. The van der Waals surface area contributed by atoms with Crippen molar-refractivity contribution in [1.82, 2.24) is 10.9 Å². The molecule has 2 rings (SSSR count). The van der Waals surface area contributed by atoms with Crippen molar-refractivity contribution < 1.29 is 16.8 Å². The summed E-state index contributed by atoms with van der Waals surface area (Å²) in [5, 5.41) is 7.53. The highest BCUT2D eigenvalue weighted by atomic mass is 35.5. The minimum Gasteiger partial charge on any atom is -0.370 e. The second-order valence-electron chi connectivity index (χ2n) is 3.33. The van der Waals surface area contributed by atoms with Gasteiger partial charge in [-0.3, -0.25) is 0 Å². The van der Waals surface area contributed by atoms with Crippen molar-refractivity contribution in [1.29, 1.82) is 0 Å². The van der Waals surface area contributed by atoms with Crippen molar-refractivity contribution >= 4 is 37.3 Å². The summed E-state index contributed by atoms with van der Waals surface area (Å²) in [4.78, 5) is -0.621. The Balaban J connectivity index is 0.00000162. The zero-order valence-electron chi connectivity index (χ0n) is 8.97. The molecule has 0 saturated carbocycles. The van der Waals surface area contributed by atoms with E-state index in [0.29, 0.717) is 0 Å². The largest absolute Gasteiger partial charge is 0.370 e. The number of nitrogens with one attached hydrogen (secondary N) is 2. The van der Waals surface area contributed by atoms with Gasteiger partial charge in [-0.1, -0.05) is 11.6 Å². The minimum absolute atomic E-state index is 0. The van der Waals surface area contributed by atoms with Crippen LogP contribution in [0.3, 0.4) is 0 Å². The maximum Gasteiger partial charge on any atom is 0.244 e. The predicted octanol–water partition coefficient (Wildman–Crippen LogP) is -0.189. The highest BCUT2D eigenvalue weighted by Gasteiger charge is 2.26. The second-order valence-corrected chi connectivity index (χ2v) is 7.00. The van der Waals surface area contributed by atoms with E-state index in [4.69, 9.17) is 16.7 Å². The van der Waals surface area contributed by atoms with Crippen LogP contribution < -0.4 is 21.3 Å². The van der Waals surface area contributed by atoms with E-state index in [0.717, 1.165) is 6.07 Å². The van der Waals surface area contributed by atoms with Crippen molar-refractivity contribution in [2.45, 2.75) is 9.79 Å². The number of benzene rings is 1. The molecule has 1 aromatic rings. The van der Waals surface area contributed by atoms with E-state index in [1.165, 1.54) is 6.07 Å². The highest BCUT2D eigenvalue weighted by molar-refractivity contribution is 7.90. The molecule has 0 aromatic heterocycles. The molecule has 0 spiro atoms. The van der Waals surface area contributed by atoms with Gasteiger partial charge in [-0.25, -0.2) is 22.0 Å². The normalized spacial score (nSPS) is 17.2. The van der Waals surface area contributed by atoms with E-state index in [2.05, 4.69) is 10.0 Å². The monoisotopic (exact) mass is 314 g/mol. The van der Waals surface area contributed by atoms with E-state index >= 15 is 0 Å². The van der Waals surface area contributed by atoms with Crippen LogP contribution in [0, 0.1) is 0 Å². The Morgan fingerprint density at radius 1 is 1.33 bits per heavy atom. The number of sulfonamides is 2. The Labute approximate surface area is 109 Å². The van der Waals surface area contributed by atoms with Crippen LogP contribution in [0.2, 0.25) is 5.02 Å². The van der Waals surface area contributed by atoms with E-state index in [-0.39, 0.29) is 28.4 Å². The second kappa shape index (κ2) is 4.64. The first-order valence-electron chi connectivity index (χ1n) is 4.32. The predicted molar refractivity (Wildman–Crippen MR) is 66.7 cm³/mol. The van der Waals surface area contributed by atoms with Crippen molar-refractivity contribution in [2.24, 2.45) is 5.14 Å². The summed E-state index contributed by atoms with van der Waals surface area (Å²) >= 11 is 5.72. The molecule has 11 heteroatoms. The number of rotatable bonds is 1. The number of nitrogens with two attached hydrogens (primary N) is 1. The SMILES string of the molecule is N.NS(=O)(=O)c1cc2c(cc1Cl)NCNS2(=O)=O. The number of anilines is 1. The van der Waals surface area contributed by atoms with E-state index in [1.807, 2.05) is 0 Å². The Kier molecular flexibility index (Phi) is 3.91. The maximum absolute atomic E-state index is 11.6. The smallest absolute Gasteiger partial charge is 0.244 e. The number of hydrogen-bond acceptors (Lipinski definition) is 6. The molecule has 7 N–H and O–H groups in total. The third-order valence-electron chi connectivity index (χ3n) is 2.17. The lowest BCUT2D eigenvalue weighted by molar-refractivity contribution is 0.581. The van der Waals surface area contributed by atoms with Crippen molar-refractivity contribution in [3.8, 4) is 0 Å². The number of primary sulfonamides is 1. The Morgan fingerprint density at radius 2 is 1.94 bits per heavy atom. The van der Waals surface area contributed by atoms with Gasteiger partial charge in [0.1, 0.15) is 9.79 Å². The molecule has 0 atom stereocenters. The molecule has 102 valence electrons. The van der Waals surface area contributed by atoms with Gasteiger partial charge < -0.3 is 11.5 Å². The molecular weight excluding hydrogens is 304 g/mol. The van der Waals surface area contributed by atoms with Gasteiger partial charge in [0.15, 0.2) is 0 Å².